The zero-order valence-corrected chi connectivity index (χ0v) is 14.5. The lowest BCUT2D eigenvalue weighted by atomic mass is 10.0. The van der Waals surface area contributed by atoms with Crippen LogP contribution in [0.3, 0.4) is 0 Å². The van der Waals surface area contributed by atoms with Crippen molar-refractivity contribution in [2.45, 2.75) is 25.4 Å². The van der Waals surface area contributed by atoms with Gasteiger partial charge in [0.1, 0.15) is 18.5 Å². The third-order valence-electron chi connectivity index (χ3n) is 5.08. The minimum absolute atomic E-state index is 0.340. The number of aliphatic hydroxyl groups is 1. The number of rotatable bonds is 5. The third kappa shape index (κ3) is 3.78. The van der Waals surface area contributed by atoms with E-state index in [0.29, 0.717) is 13.2 Å². The van der Waals surface area contributed by atoms with Crippen molar-refractivity contribution in [3.05, 3.63) is 54.6 Å². The Morgan fingerprint density at radius 2 is 1.60 bits per heavy atom. The topological polar surface area (TPSA) is 32.7 Å². The van der Waals surface area contributed by atoms with Crippen LogP contribution in [0.1, 0.15) is 19.3 Å². The smallest absolute Gasteiger partial charge is 0.120 e. The van der Waals surface area contributed by atoms with E-state index < -0.39 is 6.10 Å². The van der Waals surface area contributed by atoms with E-state index in [9.17, 15) is 5.11 Å². The van der Waals surface area contributed by atoms with E-state index in [1.807, 2.05) is 6.07 Å². The molecule has 1 fully saturated rings. The lowest BCUT2D eigenvalue weighted by Crippen LogP contribution is -2.38. The number of hydrogen-bond acceptors (Lipinski definition) is 3. The predicted octanol–water partition coefficient (Wildman–Crippen LogP) is 4.22. The van der Waals surface area contributed by atoms with Crippen molar-refractivity contribution in [3.8, 4) is 5.75 Å². The molecule has 0 amide bonds. The molecule has 1 saturated heterocycles. The highest BCUT2D eigenvalue weighted by Gasteiger charge is 2.15. The van der Waals surface area contributed by atoms with Gasteiger partial charge in [0.2, 0.25) is 0 Å². The monoisotopic (exact) mass is 335 g/mol. The minimum Gasteiger partial charge on any atom is -0.491 e. The Bertz CT molecular complexity index is 855. The fourth-order valence-electron chi connectivity index (χ4n) is 3.76. The molecule has 0 aromatic heterocycles. The lowest BCUT2D eigenvalue weighted by molar-refractivity contribution is 0.0618. The summed E-state index contributed by atoms with van der Waals surface area (Å²) in [6.45, 7) is 3.24. The van der Waals surface area contributed by atoms with Gasteiger partial charge in [-0.15, -0.1) is 0 Å². The highest BCUT2D eigenvalue weighted by atomic mass is 16.5. The van der Waals surface area contributed by atoms with Crippen LogP contribution in [0.15, 0.2) is 54.6 Å². The predicted molar refractivity (Wildman–Crippen MR) is 103 cm³/mol. The minimum atomic E-state index is -0.443. The Morgan fingerprint density at radius 3 is 2.44 bits per heavy atom. The summed E-state index contributed by atoms with van der Waals surface area (Å²) in [5.41, 5.74) is 0. The van der Waals surface area contributed by atoms with Crippen LogP contribution in [-0.2, 0) is 0 Å². The van der Waals surface area contributed by atoms with E-state index in [4.69, 9.17) is 4.74 Å². The van der Waals surface area contributed by atoms with Gasteiger partial charge in [0.25, 0.3) is 0 Å². The van der Waals surface area contributed by atoms with Crippen molar-refractivity contribution < 1.29 is 9.84 Å². The van der Waals surface area contributed by atoms with Crippen molar-refractivity contribution in [1.82, 2.24) is 4.90 Å². The molecule has 0 spiro atoms. The van der Waals surface area contributed by atoms with Gasteiger partial charge in [-0.3, -0.25) is 0 Å². The highest BCUT2D eigenvalue weighted by molar-refractivity contribution is 6.07. The van der Waals surface area contributed by atoms with E-state index in [-0.39, 0.29) is 0 Å². The molecule has 3 aromatic rings. The summed E-state index contributed by atoms with van der Waals surface area (Å²) in [5.74, 6) is 0.821. The van der Waals surface area contributed by atoms with Gasteiger partial charge in [-0.1, -0.05) is 48.9 Å². The summed E-state index contributed by atoms with van der Waals surface area (Å²) in [6.07, 6.45) is 3.35. The number of ether oxygens (including phenoxy) is 1. The van der Waals surface area contributed by atoms with E-state index in [2.05, 4.69) is 53.4 Å². The molecule has 25 heavy (non-hydrogen) atoms. The van der Waals surface area contributed by atoms with Gasteiger partial charge in [0.15, 0.2) is 0 Å². The van der Waals surface area contributed by atoms with Gasteiger partial charge in [0, 0.05) is 6.54 Å². The Kier molecular flexibility index (Phi) is 4.86. The summed E-state index contributed by atoms with van der Waals surface area (Å²) in [5, 5.41) is 15.2. The first-order valence-corrected chi connectivity index (χ1v) is 9.24. The molecule has 3 nitrogen and oxygen atoms in total. The first-order valence-electron chi connectivity index (χ1n) is 9.24. The molecular weight excluding hydrogens is 310 g/mol. The normalized spacial score (nSPS) is 17.0. The maximum atomic E-state index is 10.3. The second-order valence-corrected chi connectivity index (χ2v) is 7.00. The number of nitrogens with zero attached hydrogens (tertiary/aromatic N) is 1. The van der Waals surface area contributed by atoms with Crippen LogP contribution in [-0.4, -0.2) is 42.4 Å². The molecule has 130 valence electrons. The lowest BCUT2D eigenvalue weighted by Gasteiger charge is -2.28. The number of piperidine rings is 1. The number of aliphatic hydroxyl groups excluding tert-OH is 1. The fraction of sp³-hybridized carbons (Fsp3) is 0.364. The first-order chi connectivity index (χ1) is 12.3. The van der Waals surface area contributed by atoms with Gasteiger partial charge in [-0.25, -0.2) is 0 Å². The summed E-state index contributed by atoms with van der Waals surface area (Å²) < 4.78 is 5.89. The molecule has 1 heterocycles. The van der Waals surface area contributed by atoms with E-state index in [1.165, 1.54) is 40.8 Å². The Balaban J connectivity index is 1.47. The van der Waals surface area contributed by atoms with Crippen LogP contribution in [0, 0.1) is 0 Å². The Morgan fingerprint density at radius 1 is 0.880 bits per heavy atom. The van der Waals surface area contributed by atoms with Crippen LogP contribution in [0.4, 0.5) is 0 Å². The largest absolute Gasteiger partial charge is 0.491 e. The molecule has 0 bridgehead atoms. The van der Waals surface area contributed by atoms with E-state index in [0.717, 1.165) is 18.8 Å². The second kappa shape index (κ2) is 7.42. The number of fused-ring (bicyclic) bond motifs is 3. The average Bonchev–Trinajstić information content (AvgIpc) is 2.67. The van der Waals surface area contributed by atoms with Crippen molar-refractivity contribution >= 4 is 21.5 Å². The maximum absolute atomic E-state index is 10.3. The Hall–Kier alpha value is -2.10. The second-order valence-electron chi connectivity index (χ2n) is 7.00. The summed E-state index contributed by atoms with van der Waals surface area (Å²) in [4.78, 5) is 2.34. The maximum Gasteiger partial charge on any atom is 0.120 e. The third-order valence-corrected chi connectivity index (χ3v) is 5.08. The van der Waals surface area contributed by atoms with Crippen LogP contribution in [0.2, 0.25) is 0 Å². The number of hydrogen-bond donors (Lipinski definition) is 1. The molecular formula is C22H25NO2. The van der Waals surface area contributed by atoms with Crippen LogP contribution >= 0.6 is 0 Å². The van der Waals surface area contributed by atoms with Gasteiger partial charge in [-0.2, -0.15) is 0 Å². The number of β-amino-alcohol motifs (C(OH)–C–C–N with tert-alkyl or cyclic N) is 1. The number of benzene rings is 3. The molecule has 4 rings (SSSR count). The molecule has 0 saturated carbocycles. The first kappa shape index (κ1) is 16.4. The molecule has 1 aliphatic heterocycles. The van der Waals surface area contributed by atoms with Crippen LogP contribution < -0.4 is 4.74 Å². The van der Waals surface area contributed by atoms with Crippen molar-refractivity contribution in [2.24, 2.45) is 0 Å². The van der Waals surface area contributed by atoms with Crippen molar-refractivity contribution in [2.75, 3.05) is 26.2 Å². The van der Waals surface area contributed by atoms with Gasteiger partial charge in [-0.05, 0) is 59.6 Å². The van der Waals surface area contributed by atoms with Gasteiger partial charge >= 0.3 is 0 Å². The summed E-state index contributed by atoms with van der Waals surface area (Å²) in [6, 6.07) is 18.9. The fourth-order valence-corrected chi connectivity index (χ4v) is 3.76. The zero-order chi connectivity index (χ0) is 17.1. The van der Waals surface area contributed by atoms with Crippen LogP contribution in [0.5, 0.6) is 5.75 Å². The highest BCUT2D eigenvalue weighted by Crippen LogP contribution is 2.28. The molecule has 1 atom stereocenters. The van der Waals surface area contributed by atoms with E-state index >= 15 is 0 Å². The van der Waals surface area contributed by atoms with Crippen molar-refractivity contribution in [3.63, 3.8) is 0 Å². The summed E-state index contributed by atoms with van der Waals surface area (Å²) in [7, 11) is 0. The zero-order valence-electron chi connectivity index (χ0n) is 14.5. The van der Waals surface area contributed by atoms with E-state index in [1.54, 1.807) is 0 Å². The molecule has 3 heteroatoms. The number of likely N-dealkylation sites (tertiary alicyclic amines) is 1. The summed E-state index contributed by atoms with van der Waals surface area (Å²) >= 11 is 0. The van der Waals surface area contributed by atoms with Gasteiger partial charge < -0.3 is 14.7 Å². The molecule has 1 N–H and O–H groups in total. The average molecular weight is 335 g/mol. The SMILES string of the molecule is O[C@H](COc1ccc2ccc3ccccc3c2c1)CN1CCCCC1. The van der Waals surface area contributed by atoms with Crippen molar-refractivity contribution in [1.29, 1.82) is 0 Å². The molecule has 0 aliphatic carbocycles. The standard InChI is InChI=1S/C22H25NO2/c24-19(15-23-12-4-1-5-13-23)16-25-20-11-10-18-9-8-17-6-2-3-7-21(17)22(18)14-20/h2-3,6-11,14,19,24H,1,4-5,12-13,15-16H2/t19-/m0/s1. The molecule has 1 aliphatic rings. The Labute approximate surface area is 148 Å². The molecule has 0 unspecified atom stereocenters. The quantitative estimate of drug-likeness (QED) is 0.709. The molecule has 3 aromatic carbocycles. The van der Waals surface area contributed by atoms with Crippen LogP contribution in [0.25, 0.3) is 21.5 Å². The van der Waals surface area contributed by atoms with Gasteiger partial charge in [0.05, 0.1) is 0 Å². The molecule has 0 radical (unpaired) electrons.